The van der Waals surface area contributed by atoms with Crippen molar-refractivity contribution in [1.29, 1.82) is 0 Å². The molecule has 23 heavy (non-hydrogen) atoms. The van der Waals surface area contributed by atoms with Crippen LogP contribution in [0.4, 0.5) is 0 Å². The van der Waals surface area contributed by atoms with E-state index in [2.05, 4.69) is 81.4 Å². The van der Waals surface area contributed by atoms with Gasteiger partial charge < -0.3 is 0 Å². The van der Waals surface area contributed by atoms with Gasteiger partial charge in [-0.3, -0.25) is 0 Å². The maximum atomic E-state index is 4.66. The minimum atomic E-state index is -1.86. The van der Waals surface area contributed by atoms with Crippen molar-refractivity contribution >= 4 is 39.6 Å². The van der Waals surface area contributed by atoms with E-state index in [1.165, 1.54) is 26.4 Å². The second-order valence-corrected chi connectivity index (χ2v) is 17.7. The van der Waals surface area contributed by atoms with Gasteiger partial charge in [0.25, 0.3) is 0 Å². The Morgan fingerprint density at radius 1 is 0.826 bits per heavy atom. The molecule has 3 heteroatoms. The first-order valence-electron chi connectivity index (χ1n) is 8.01. The number of rotatable bonds is 2. The number of para-hydroxylation sites is 1. The Bertz CT molecular complexity index is 956. The van der Waals surface area contributed by atoms with Gasteiger partial charge in [0, 0.05) is 0 Å². The van der Waals surface area contributed by atoms with Crippen molar-refractivity contribution < 1.29 is 0 Å². The van der Waals surface area contributed by atoms with Gasteiger partial charge in [0.1, 0.15) is 0 Å². The van der Waals surface area contributed by atoms with Crippen LogP contribution in [-0.4, -0.2) is 22.8 Å². The summed E-state index contributed by atoms with van der Waals surface area (Å²) in [5.74, 6) is 7.30. The Balaban J connectivity index is 2.09. The number of pyridine rings is 1. The number of hydrogen-bond donors (Lipinski definition) is 0. The number of nitrogens with zero attached hydrogens (tertiary/aromatic N) is 2. The fraction of sp³-hybridized carbons (Fsp3) is 0.150. The van der Waals surface area contributed by atoms with E-state index in [0.29, 0.717) is 0 Å². The molecule has 0 aliphatic heterocycles. The first kappa shape index (κ1) is 14.5. The second kappa shape index (κ2) is 5.24. The van der Waals surface area contributed by atoms with Crippen LogP contribution in [0, 0.1) is 0 Å². The molecule has 0 saturated heterocycles. The molecule has 0 spiro atoms. The van der Waals surface area contributed by atoms with Gasteiger partial charge in [-0.15, -0.1) is 0 Å². The molecule has 0 amide bonds. The molecule has 114 valence electrons. The van der Waals surface area contributed by atoms with E-state index in [1.807, 2.05) is 12.3 Å². The summed E-state index contributed by atoms with van der Waals surface area (Å²) in [7, 11) is 0. The van der Waals surface area contributed by atoms with Gasteiger partial charge >= 0.3 is 139 Å². The molecule has 4 aromatic rings. The number of fused-ring (bicyclic) bond motifs is 3. The Kier molecular flexibility index (Phi) is 3.31. The molecule has 0 aliphatic rings. The Morgan fingerprint density at radius 3 is 2.43 bits per heavy atom. The summed E-state index contributed by atoms with van der Waals surface area (Å²) in [5, 5.41) is 2.48. The third-order valence-electron chi connectivity index (χ3n) is 4.40. The van der Waals surface area contributed by atoms with Gasteiger partial charge in [-0.05, 0) is 0 Å². The summed E-state index contributed by atoms with van der Waals surface area (Å²) in [6.45, 7) is 0. The van der Waals surface area contributed by atoms with Crippen LogP contribution in [0.15, 0.2) is 66.9 Å². The number of aromatic nitrogens is 2. The van der Waals surface area contributed by atoms with Crippen molar-refractivity contribution in [3.8, 4) is 5.69 Å². The van der Waals surface area contributed by atoms with Crippen molar-refractivity contribution in [2.75, 3.05) is 0 Å². The van der Waals surface area contributed by atoms with E-state index >= 15 is 0 Å². The van der Waals surface area contributed by atoms with Gasteiger partial charge in [-0.1, -0.05) is 0 Å². The average molecular weight is 361 g/mol. The third kappa shape index (κ3) is 2.38. The maximum absolute atomic E-state index is 4.66. The van der Waals surface area contributed by atoms with Crippen LogP contribution in [0.25, 0.3) is 27.6 Å². The molecule has 0 saturated carbocycles. The molecule has 2 aromatic heterocycles. The summed E-state index contributed by atoms with van der Waals surface area (Å²) in [6, 6.07) is 21.8. The summed E-state index contributed by atoms with van der Waals surface area (Å²) < 4.78 is 3.81. The van der Waals surface area contributed by atoms with Crippen LogP contribution in [-0.2, 0) is 0 Å². The van der Waals surface area contributed by atoms with E-state index < -0.39 is 13.3 Å². The van der Waals surface area contributed by atoms with Crippen LogP contribution in [0.1, 0.15) is 0 Å². The zero-order valence-electron chi connectivity index (χ0n) is 13.7. The van der Waals surface area contributed by atoms with E-state index in [-0.39, 0.29) is 0 Å². The van der Waals surface area contributed by atoms with Gasteiger partial charge in [0.2, 0.25) is 0 Å². The SMILES string of the molecule is [CH3][Ge]([CH3])([CH3])[c]1cccc(-n2c3ccccc3c3cccnc32)c1. The second-order valence-electron chi connectivity index (χ2n) is 7.03. The molecule has 2 aromatic carbocycles. The molecule has 0 atom stereocenters. The van der Waals surface area contributed by atoms with Gasteiger partial charge in [0.05, 0.1) is 0 Å². The molecule has 0 fully saturated rings. The van der Waals surface area contributed by atoms with Gasteiger partial charge in [-0.25, -0.2) is 0 Å². The summed E-state index contributed by atoms with van der Waals surface area (Å²) >= 11 is -1.86. The number of benzene rings is 2. The Labute approximate surface area is 139 Å². The Hall–Kier alpha value is -2.07. The molecule has 0 bridgehead atoms. The zero-order valence-corrected chi connectivity index (χ0v) is 15.8. The Morgan fingerprint density at radius 2 is 1.61 bits per heavy atom. The van der Waals surface area contributed by atoms with Gasteiger partial charge in [0.15, 0.2) is 0 Å². The summed E-state index contributed by atoms with van der Waals surface area (Å²) in [5.41, 5.74) is 3.47. The predicted octanol–water partition coefficient (Wildman–Crippen LogP) is 4.72. The summed E-state index contributed by atoms with van der Waals surface area (Å²) in [4.78, 5) is 4.66. The quantitative estimate of drug-likeness (QED) is 0.473. The van der Waals surface area contributed by atoms with E-state index in [1.54, 1.807) is 0 Å². The summed E-state index contributed by atoms with van der Waals surface area (Å²) in [6.07, 6.45) is 1.88. The van der Waals surface area contributed by atoms with Crippen LogP contribution < -0.4 is 4.40 Å². The first-order chi connectivity index (χ1) is 11.1. The molecular formula is C20H20GeN2. The topological polar surface area (TPSA) is 17.8 Å². The molecule has 2 heterocycles. The fourth-order valence-electron chi connectivity index (χ4n) is 3.17. The van der Waals surface area contributed by atoms with E-state index in [9.17, 15) is 0 Å². The minimum absolute atomic E-state index is 1.03. The molecule has 0 aliphatic carbocycles. The predicted molar refractivity (Wildman–Crippen MR) is 102 cm³/mol. The van der Waals surface area contributed by atoms with Crippen molar-refractivity contribution in [3.63, 3.8) is 0 Å². The van der Waals surface area contributed by atoms with E-state index in [0.717, 1.165) is 5.65 Å². The molecule has 2 nitrogen and oxygen atoms in total. The van der Waals surface area contributed by atoms with Crippen LogP contribution >= 0.6 is 0 Å². The molecule has 0 unspecified atom stereocenters. The van der Waals surface area contributed by atoms with Crippen molar-refractivity contribution in [3.05, 3.63) is 66.9 Å². The molecule has 0 N–H and O–H groups in total. The van der Waals surface area contributed by atoms with Crippen LogP contribution in [0.3, 0.4) is 0 Å². The molecule has 4 rings (SSSR count). The standard InChI is InChI=1S/C20H20GeN2/c1-21(2,3)15-8-6-9-16(14-15)23-19-12-5-4-10-17(19)18-11-7-13-22-20(18)23/h4-14H,1-3H3. The van der Waals surface area contributed by atoms with Crippen LogP contribution in [0.2, 0.25) is 17.3 Å². The van der Waals surface area contributed by atoms with E-state index in [4.69, 9.17) is 0 Å². The van der Waals surface area contributed by atoms with Crippen molar-refractivity contribution in [2.45, 2.75) is 17.3 Å². The third-order valence-corrected chi connectivity index (χ3v) is 8.69. The van der Waals surface area contributed by atoms with Crippen molar-refractivity contribution in [1.82, 2.24) is 9.55 Å². The fourth-order valence-corrected chi connectivity index (χ4v) is 5.64. The normalized spacial score (nSPS) is 12.1. The monoisotopic (exact) mass is 362 g/mol. The van der Waals surface area contributed by atoms with Crippen LogP contribution in [0.5, 0.6) is 0 Å². The van der Waals surface area contributed by atoms with Gasteiger partial charge in [-0.2, -0.15) is 0 Å². The average Bonchev–Trinajstić information content (AvgIpc) is 2.89. The first-order valence-corrected chi connectivity index (χ1v) is 15.3. The zero-order chi connectivity index (χ0) is 16.0. The molecular weight excluding hydrogens is 341 g/mol. The number of hydrogen-bond acceptors (Lipinski definition) is 1. The molecule has 0 radical (unpaired) electrons. The van der Waals surface area contributed by atoms with Crippen molar-refractivity contribution in [2.24, 2.45) is 0 Å².